The molecule has 1 aromatic heterocycles. The van der Waals surface area contributed by atoms with Crippen molar-refractivity contribution in [2.24, 2.45) is 5.73 Å². The van der Waals surface area contributed by atoms with Crippen molar-refractivity contribution in [3.63, 3.8) is 0 Å². The van der Waals surface area contributed by atoms with E-state index < -0.39 is 10.5 Å². The number of nitrogens with zero attached hydrogens (tertiary/aromatic N) is 4. The normalized spacial score (nSPS) is 16.0. The van der Waals surface area contributed by atoms with Crippen molar-refractivity contribution in [2.75, 3.05) is 6.54 Å². The van der Waals surface area contributed by atoms with Gasteiger partial charge >= 0.3 is 0 Å². The molecular formula is C15H18N6O3. The van der Waals surface area contributed by atoms with Crippen molar-refractivity contribution in [3.05, 3.63) is 46.5 Å². The molecule has 9 heteroatoms. The number of nitrogens with two attached hydrogens (primary N) is 1. The second-order valence-corrected chi connectivity index (χ2v) is 5.95. The number of amides is 1. The van der Waals surface area contributed by atoms with Crippen molar-refractivity contribution in [2.45, 2.75) is 31.2 Å². The van der Waals surface area contributed by atoms with E-state index in [0.29, 0.717) is 6.54 Å². The Morgan fingerprint density at radius 1 is 1.42 bits per heavy atom. The van der Waals surface area contributed by atoms with E-state index in [0.717, 1.165) is 25.7 Å². The zero-order chi connectivity index (χ0) is 17.2. The Morgan fingerprint density at radius 2 is 2.17 bits per heavy atom. The number of benzene rings is 1. The molecule has 0 atom stereocenters. The molecule has 1 aliphatic rings. The van der Waals surface area contributed by atoms with Gasteiger partial charge < -0.3 is 11.1 Å². The van der Waals surface area contributed by atoms with Gasteiger partial charge in [-0.25, -0.2) is 9.67 Å². The Morgan fingerprint density at radius 3 is 2.75 bits per heavy atom. The average molecular weight is 330 g/mol. The number of carbonyl (C=O) groups excluding carboxylic acids is 1. The summed E-state index contributed by atoms with van der Waals surface area (Å²) in [6.45, 7) is 0.359. The SMILES string of the molecule is NCC1(NC(=O)c2ccc(-n3cncn3)c([N+](=O)[O-])c2)CCCC1. The molecule has 24 heavy (non-hydrogen) atoms. The summed E-state index contributed by atoms with van der Waals surface area (Å²) >= 11 is 0. The molecule has 3 rings (SSSR count). The van der Waals surface area contributed by atoms with Gasteiger partial charge in [-0.15, -0.1) is 0 Å². The monoisotopic (exact) mass is 330 g/mol. The lowest BCUT2D eigenvalue weighted by molar-refractivity contribution is -0.384. The van der Waals surface area contributed by atoms with Crippen LogP contribution in [0.3, 0.4) is 0 Å². The first kappa shape index (κ1) is 16.1. The van der Waals surface area contributed by atoms with Crippen LogP contribution in [0.15, 0.2) is 30.9 Å². The maximum Gasteiger partial charge on any atom is 0.295 e. The molecule has 3 N–H and O–H groups in total. The summed E-state index contributed by atoms with van der Waals surface area (Å²) in [5.74, 6) is -0.351. The van der Waals surface area contributed by atoms with Crippen molar-refractivity contribution >= 4 is 11.6 Å². The molecular weight excluding hydrogens is 312 g/mol. The van der Waals surface area contributed by atoms with Gasteiger partial charge in [0.1, 0.15) is 18.3 Å². The molecule has 0 saturated heterocycles. The predicted molar refractivity (Wildman–Crippen MR) is 85.7 cm³/mol. The minimum absolute atomic E-state index is 0.207. The number of carbonyl (C=O) groups is 1. The molecule has 0 unspecified atom stereocenters. The van der Waals surface area contributed by atoms with Crippen LogP contribution >= 0.6 is 0 Å². The van der Waals surface area contributed by atoms with Gasteiger partial charge in [-0.05, 0) is 25.0 Å². The summed E-state index contributed by atoms with van der Waals surface area (Å²) in [5.41, 5.74) is 5.69. The number of hydrogen-bond acceptors (Lipinski definition) is 6. The van der Waals surface area contributed by atoms with Crippen LogP contribution in [0.4, 0.5) is 5.69 Å². The molecule has 1 saturated carbocycles. The molecule has 0 bridgehead atoms. The minimum Gasteiger partial charge on any atom is -0.345 e. The van der Waals surface area contributed by atoms with E-state index in [9.17, 15) is 14.9 Å². The first-order valence-electron chi connectivity index (χ1n) is 7.71. The summed E-state index contributed by atoms with van der Waals surface area (Å²) in [6, 6.07) is 4.29. The highest BCUT2D eigenvalue weighted by Crippen LogP contribution is 2.29. The van der Waals surface area contributed by atoms with Crippen molar-refractivity contribution in [1.29, 1.82) is 0 Å². The molecule has 1 aliphatic carbocycles. The number of nitrogens with one attached hydrogen (secondary N) is 1. The topological polar surface area (TPSA) is 129 Å². The highest BCUT2D eigenvalue weighted by atomic mass is 16.6. The lowest BCUT2D eigenvalue weighted by Crippen LogP contribution is -2.51. The van der Waals surface area contributed by atoms with Gasteiger partial charge in [-0.1, -0.05) is 12.8 Å². The fourth-order valence-corrected chi connectivity index (χ4v) is 3.08. The molecule has 126 valence electrons. The summed E-state index contributed by atoms with van der Waals surface area (Å²) in [6.07, 6.45) is 6.34. The third-order valence-corrected chi connectivity index (χ3v) is 4.43. The summed E-state index contributed by atoms with van der Waals surface area (Å²) in [5, 5.41) is 18.2. The lowest BCUT2D eigenvalue weighted by atomic mass is 9.97. The Hall–Kier alpha value is -2.81. The largest absolute Gasteiger partial charge is 0.345 e. The molecule has 0 aliphatic heterocycles. The number of rotatable bonds is 5. The number of nitro benzene ring substituents is 1. The Bertz CT molecular complexity index is 753. The summed E-state index contributed by atoms with van der Waals surface area (Å²) in [7, 11) is 0. The molecule has 1 heterocycles. The smallest absolute Gasteiger partial charge is 0.295 e. The predicted octanol–water partition coefficient (Wildman–Crippen LogP) is 1.18. The van der Waals surface area contributed by atoms with Crippen LogP contribution in [0, 0.1) is 10.1 Å². The fraction of sp³-hybridized carbons (Fsp3) is 0.400. The highest BCUT2D eigenvalue weighted by molar-refractivity contribution is 5.95. The minimum atomic E-state index is -0.540. The molecule has 1 fully saturated rings. The second kappa shape index (κ2) is 6.36. The van der Waals surface area contributed by atoms with Crippen molar-refractivity contribution in [1.82, 2.24) is 20.1 Å². The van der Waals surface area contributed by atoms with Crippen LogP contribution in [-0.2, 0) is 0 Å². The van der Waals surface area contributed by atoms with Crippen molar-refractivity contribution in [3.8, 4) is 5.69 Å². The molecule has 1 aromatic carbocycles. The molecule has 1 amide bonds. The average Bonchev–Trinajstić information content (AvgIpc) is 3.26. The molecule has 9 nitrogen and oxygen atoms in total. The summed E-state index contributed by atoms with van der Waals surface area (Å²) < 4.78 is 1.29. The standard InChI is InChI=1S/C15H18N6O3/c16-8-15(5-1-2-6-15)19-14(22)11-3-4-12(13(7-11)21(23)24)20-10-17-9-18-20/h3-4,7,9-10H,1-2,5-6,8,16H2,(H,19,22). The number of hydrogen-bond donors (Lipinski definition) is 2. The van der Waals surface area contributed by atoms with Gasteiger partial charge in [0.2, 0.25) is 0 Å². The maximum atomic E-state index is 12.5. The third-order valence-electron chi connectivity index (χ3n) is 4.43. The van der Waals surface area contributed by atoms with Crippen LogP contribution in [0.1, 0.15) is 36.0 Å². The number of aromatic nitrogens is 3. The van der Waals surface area contributed by atoms with Crippen LogP contribution in [0.25, 0.3) is 5.69 Å². The van der Waals surface area contributed by atoms with E-state index >= 15 is 0 Å². The van der Waals surface area contributed by atoms with E-state index in [-0.39, 0.29) is 22.8 Å². The van der Waals surface area contributed by atoms with E-state index in [4.69, 9.17) is 5.73 Å². The molecule has 2 aromatic rings. The zero-order valence-electron chi connectivity index (χ0n) is 13.0. The second-order valence-electron chi connectivity index (χ2n) is 5.95. The van der Waals surface area contributed by atoms with Gasteiger partial charge in [0.05, 0.1) is 10.5 Å². The van der Waals surface area contributed by atoms with E-state index in [1.165, 1.54) is 29.5 Å². The lowest BCUT2D eigenvalue weighted by Gasteiger charge is -2.28. The molecule has 0 spiro atoms. The van der Waals surface area contributed by atoms with Gasteiger partial charge in [0.15, 0.2) is 0 Å². The quantitative estimate of drug-likeness (QED) is 0.625. The number of nitro groups is 1. The van der Waals surface area contributed by atoms with E-state index in [2.05, 4.69) is 15.4 Å². The van der Waals surface area contributed by atoms with Crippen LogP contribution in [-0.4, -0.2) is 37.7 Å². The van der Waals surface area contributed by atoms with Gasteiger partial charge in [-0.3, -0.25) is 14.9 Å². The van der Waals surface area contributed by atoms with Gasteiger partial charge in [0.25, 0.3) is 11.6 Å². The van der Waals surface area contributed by atoms with Crippen LogP contribution < -0.4 is 11.1 Å². The first-order valence-corrected chi connectivity index (χ1v) is 7.71. The fourth-order valence-electron chi connectivity index (χ4n) is 3.08. The summed E-state index contributed by atoms with van der Waals surface area (Å²) in [4.78, 5) is 27.1. The van der Waals surface area contributed by atoms with Gasteiger partial charge in [0, 0.05) is 18.2 Å². The Balaban J connectivity index is 1.90. The van der Waals surface area contributed by atoms with Gasteiger partial charge in [-0.2, -0.15) is 5.10 Å². The van der Waals surface area contributed by atoms with Crippen molar-refractivity contribution < 1.29 is 9.72 Å². The molecule has 0 radical (unpaired) electrons. The third kappa shape index (κ3) is 2.98. The highest BCUT2D eigenvalue weighted by Gasteiger charge is 2.34. The van der Waals surface area contributed by atoms with Crippen LogP contribution in [0.2, 0.25) is 0 Å². The van der Waals surface area contributed by atoms with Crippen LogP contribution in [0.5, 0.6) is 0 Å². The Kier molecular flexibility index (Phi) is 4.26. The van der Waals surface area contributed by atoms with E-state index in [1.54, 1.807) is 6.07 Å². The Labute approximate surface area is 138 Å². The zero-order valence-corrected chi connectivity index (χ0v) is 13.0. The maximum absolute atomic E-state index is 12.5. The van der Waals surface area contributed by atoms with E-state index in [1.807, 2.05) is 0 Å². The first-order chi connectivity index (χ1) is 11.5.